The zero-order chi connectivity index (χ0) is 11.2. The van der Waals surface area contributed by atoms with Crippen LogP contribution in [0.3, 0.4) is 0 Å². The molecule has 0 fully saturated rings. The van der Waals surface area contributed by atoms with Gasteiger partial charge in [0.15, 0.2) is 11.6 Å². The SMILES string of the molecule is O=C1C2=C(CC=[C]2)C(=O)C(O)C(O)C1O. The summed E-state index contributed by atoms with van der Waals surface area (Å²) in [4.78, 5) is 23.1. The molecule has 0 saturated carbocycles. The van der Waals surface area contributed by atoms with Gasteiger partial charge >= 0.3 is 0 Å². The van der Waals surface area contributed by atoms with Gasteiger partial charge in [-0.25, -0.2) is 0 Å². The van der Waals surface area contributed by atoms with E-state index in [1.807, 2.05) is 0 Å². The maximum Gasteiger partial charge on any atom is 0.195 e. The van der Waals surface area contributed by atoms with Gasteiger partial charge in [0.1, 0.15) is 18.3 Å². The van der Waals surface area contributed by atoms with E-state index >= 15 is 0 Å². The molecular formula is C10H9O5. The molecule has 2 aliphatic carbocycles. The minimum atomic E-state index is -1.77. The number of rotatable bonds is 0. The average molecular weight is 209 g/mol. The van der Waals surface area contributed by atoms with Crippen molar-refractivity contribution < 1.29 is 24.9 Å². The Morgan fingerprint density at radius 3 is 2.40 bits per heavy atom. The highest BCUT2D eigenvalue weighted by atomic mass is 16.4. The van der Waals surface area contributed by atoms with Crippen LogP contribution in [0.5, 0.6) is 0 Å². The number of ketones is 2. The largest absolute Gasteiger partial charge is 0.387 e. The molecule has 0 amide bonds. The van der Waals surface area contributed by atoms with Gasteiger partial charge in [0.05, 0.1) is 0 Å². The topological polar surface area (TPSA) is 94.8 Å². The summed E-state index contributed by atoms with van der Waals surface area (Å²) in [7, 11) is 0. The van der Waals surface area contributed by atoms with E-state index in [1.165, 1.54) is 6.08 Å². The molecule has 5 heteroatoms. The van der Waals surface area contributed by atoms with Crippen LogP contribution in [0, 0.1) is 6.08 Å². The quantitative estimate of drug-likeness (QED) is 0.441. The van der Waals surface area contributed by atoms with Crippen LogP contribution in [0.25, 0.3) is 0 Å². The molecule has 79 valence electrons. The first-order valence-corrected chi connectivity index (χ1v) is 4.48. The molecule has 1 radical (unpaired) electrons. The monoisotopic (exact) mass is 209 g/mol. The maximum absolute atomic E-state index is 11.5. The third-order valence-corrected chi connectivity index (χ3v) is 2.58. The Morgan fingerprint density at radius 1 is 1.13 bits per heavy atom. The first kappa shape index (κ1) is 10.2. The van der Waals surface area contributed by atoms with E-state index in [2.05, 4.69) is 6.08 Å². The van der Waals surface area contributed by atoms with Crippen molar-refractivity contribution in [2.45, 2.75) is 24.7 Å². The lowest BCUT2D eigenvalue weighted by Crippen LogP contribution is -2.43. The third-order valence-electron chi connectivity index (χ3n) is 2.58. The maximum atomic E-state index is 11.5. The first-order valence-electron chi connectivity index (χ1n) is 4.48. The van der Waals surface area contributed by atoms with E-state index in [4.69, 9.17) is 0 Å². The number of hydrogen-bond acceptors (Lipinski definition) is 5. The Morgan fingerprint density at radius 2 is 1.73 bits per heavy atom. The van der Waals surface area contributed by atoms with Gasteiger partial charge in [0, 0.05) is 11.1 Å². The van der Waals surface area contributed by atoms with Crippen LogP contribution < -0.4 is 0 Å². The van der Waals surface area contributed by atoms with Gasteiger partial charge in [-0.15, -0.1) is 0 Å². The zero-order valence-electron chi connectivity index (χ0n) is 7.67. The van der Waals surface area contributed by atoms with Crippen LogP contribution in [0.15, 0.2) is 17.2 Å². The normalized spacial score (nSPS) is 35.8. The lowest BCUT2D eigenvalue weighted by Gasteiger charge is -2.17. The molecule has 2 rings (SSSR count). The van der Waals surface area contributed by atoms with Crippen molar-refractivity contribution in [1.29, 1.82) is 0 Å². The minimum absolute atomic E-state index is 0.0249. The van der Waals surface area contributed by atoms with Gasteiger partial charge < -0.3 is 15.3 Å². The van der Waals surface area contributed by atoms with Crippen molar-refractivity contribution in [3.05, 3.63) is 23.3 Å². The summed E-state index contributed by atoms with van der Waals surface area (Å²) in [6, 6.07) is 0. The molecule has 0 aromatic heterocycles. The van der Waals surface area contributed by atoms with E-state index in [0.717, 1.165) is 0 Å². The van der Waals surface area contributed by atoms with E-state index in [9.17, 15) is 24.9 Å². The van der Waals surface area contributed by atoms with Crippen LogP contribution in [0.1, 0.15) is 6.42 Å². The number of allylic oxidation sites excluding steroid dienone is 2. The zero-order valence-corrected chi connectivity index (χ0v) is 7.67. The van der Waals surface area contributed by atoms with Crippen LogP contribution in [0.2, 0.25) is 0 Å². The van der Waals surface area contributed by atoms with Crippen molar-refractivity contribution >= 4 is 11.6 Å². The second kappa shape index (κ2) is 3.37. The second-order valence-corrected chi connectivity index (χ2v) is 3.51. The predicted octanol–water partition coefficient (Wildman–Crippen LogP) is -1.72. The molecule has 5 nitrogen and oxygen atoms in total. The summed E-state index contributed by atoms with van der Waals surface area (Å²) in [5.41, 5.74) is 0.0891. The van der Waals surface area contributed by atoms with Gasteiger partial charge in [-0.1, -0.05) is 6.08 Å². The Hall–Kier alpha value is -1.30. The fourth-order valence-corrected chi connectivity index (χ4v) is 1.70. The van der Waals surface area contributed by atoms with E-state index in [-0.39, 0.29) is 17.6 Å². The average Bonchev–Trinajstić information content (AvgIpc) is 2.70. The number of Topliss-reactive ketones (excluding diaryl/α,β-unsaturated/α-hetero) is 2. The van der Waals surface area contributed by atoms with Crippen molar-refractivity contribution in [2.75, 3.05) is 0 Å². The highest BCUT2D eigenvalue weighted by molar-refractivity contribution is 6.13. The van der Waals surface area contributed by atoms with Crippen molar-refractivity contribution in [3.63, 3.8) is 0 Å². The number of aliphatic hydroxyl groups is 3. The molecule has 0 bridgehead atoms. The molecule has 0 heterocycles. The molecule has 0 spiro atoms. The molecule has 0 aromatic rings. The van der Waals surface area contributed by atoms with Gasteiger partial charge in [0.25, 0.3) is 0 Å². The summed E-state index contributed by atoms with van der Waals surface area (Å²) in [5, 5.41) is 28.1. The number of carbonyl (C=O) groups is 2. The summed E-state index contributed by atoms with van der Waals surface area (Å²) in [5.74, 6) is -1.49. The molecule has 15 heavy (non-hydrogen) atoms. The highest BCUT2D eigenvalue weighted by Gasteiger charge is 2.42. The van der Waals surface area contributed by atoms with E-state index < -0.39 is 29.9 Å². The number of hydrogen-bond donors (Lipinski definition) is 3. The fraction of sp³-hybridized carbons (Fsp3) is 0.400. The van der Waals surface area contributed by atoms with E-state index in [0.29, 0.717) is 0 Å². The van der Waals surface area contributed by atoms with Gasteiger partial charge in [-0.3, -0.25) is 9.59 Å². The standard InChI is InChI=1S/C10H9O5/c11-6-4-2-1-3-5(4)7(12)9(14)10(15)8(6)13/h1,8-10,13-15H,2H2. The molecule has 3 N–H and O–H groups in total. The number of carbonyl (C=O) groups excluding carboxylic acids is 2. The predicted molar refractivity (Wildman–Crippen MR) is 47.5 cm³/mol. The molecule has 0 aliphatic heterocycles. The summed E-state index contributed by atoms with van der Waals surface area (Å²) in [6.45, 7) is 0. The number of aliphatic hydroxyl groups excluding tert-OH is 3. The van der Waals surface area contributed by atoms with Crippen LogP contribution in [0.4, 0.5) is 0 Å². The highest BCUT2D eigenvalue weighted by Crippen LogP contribution is 2.27. The Labute approximate surface area is 85.3 Å². The molecule has 2 aliphatic rings. The third kappa shape index (κ3) is 1.36. The summed E-state index contributed by atoms with van der Waals surface area (Å²) in [6.07, 6.45) is -1.04. The van der Waals surface area contributed by atoms with Crippen molar-refractivity contribution in [3.8, 4) is 0 Å². The second-order valence-electron chi connectivity index (χ2n) is 3.51. The first-order chi connectivity index (χ1) is 7.04. The van der Waals surface area contributed by atoms with Crippen molar-refractivity contribution in [2.24, 2.45) is 0 Å². The summed E-state index contributed by atoms with van der Waals surface area (Å²) < 4.78 is 0. The lowest BCUT2D eigenvalue weighted by atomic mass is 10.0. The van der Waals surface area contributed by atoms with E-state index in [1.54, 1.807) is 0 Å². The van der Waals surface area contributed by atoms with Gasteiger partial charge in [-0.2, -0.15) is 0 Å². The molecule has 3 atom stereocenters. The van der Waals surface area contributed by atoms with Gasteiger partial charge in [0.2, 0.25) is 0 Å². The van der Waals surface area contributed by atoms with Gasteiger partial charge in [-0.05, 0) is 12.5 Å². The van der Waals surface area contributed by atoms with Crippen LogP contribution >= 0.6 is 0 Å². The smallest absolute Gasteiger partial charge is 0.195 e. The molecule has 3 unspecified atom stereocenters. The van der Waals surface area contributed by atoms with Crippen LogP contribution in [-0.2, 0) is 9.59 Å². The molecular weight excluding hydrogens is 200 g/mol. The minimum Gasteiger partial charge on any atom is -0.387 e. The fourth-order valence-electron chi connectivity index (χ4n) is 1.70. The Bertz CT molecular complexity index is 393. The summed E-state index contributed by atoms with van der Waals surface area (Å²) >= 11 is 0. The Kier molecular flexibility index (Phi) is 2.30. The molecule has 0 aromatic carbocycles. The van der Waals surface area contributed by atoms with Crippen LogP contribution in [-0.4, -0.2) is 45.2 Å². The molecule has 0 saturated heterocycles. The van der Waals surface area contributed by atoms with Crippen molar-refractivity contribution in [1.82, 2.24) is 0 Å². The Balaban J connectivity index is 2.50. The lowest BCUT2D eigenvalue weighted by molar-refractivity contribution is -0.140.